The topological polar surface area (TPSA) is 101 Å². The maximum Gasteiger partial charge on any atom is 0.181 e. The van der Waals surface area contributed by atoms with E-state index in [1.165, 1.54) is 31.4 Å². The minimum atomic E-state index is -0.652. The van der Waals surface area contributed by atoms with E-state index in [1.807, 2.05) is 6.07 Å². The number of hydrogen-bond donors (Lipinski definition) is 2. The third-order valence-corrected chi connectivity index (χ3v) is 6.14. The number of imidazole rings is 1. The second-order valence-electron chi connectivity index (χ2n) is 8.35. The molecule has 2 unspecified atom stereocenters. The van der Waals surface area contributed by atoms with Crippen molar-refractivity contribution in [2.45, 2.75) is 31.3 Å². The lowest BCUT2D eigenvalue weighted by atomic mass is 10.0. The Morgan fingerprint density at radius 2 is 1.94 bits per heavy atom. The highest BCUT2D eigenvalue weighted by Gasteiger charge is 2.25. The summed E-state index contributed by atoms with van der Waals surface area (Å²) in [5, 5.41) is 12.5. The molecule has 0 amide bonds. The highest BCUT2D eigenvalue weighted by atomic mass is 19.1. The second kappa shape index (κ2) is 8.72. The molecule has 0 spiro atoms. The van der Waals surface area contributed by atoms with Gasteiger partial charge in [0.15, 0.2) is 23.0 Å². The number of hydrogen-bond acceptors (Lipinski definition) is 6. The SMILES string of the molecule is COc1ccc(-c2c(-c3ccc(C#N)c(F)c3)nc3c(NC4CCC(N)C4)nccn23)cc1F. The number of halogens is 2. The maximum absolute atomic E-state index is 14.6. The minimum absolute atomic E-state index is 0.0637. The smallest absolute Gasteiger partial charge is 0.181 e. The molecule has 1 fully saturated rings. The summed E-state index contributed by atoms with van der Waals surface area (Å²) in [4.78, 5) is 9.27. The first-order chi connectivity index (χ1) is 16.5. The molecule has 2 atom stereocenters. The van der Waals surface area contributed by atoms with Crippen molar-refractivity contribution in [2.24, 2.45) is 5.73 Å². The van der Waals surface area contributed by atoms with Crippen LogP contribution in [-0.4, -0.2) is 33.6 Å². The molecule has 1 aliphatic rings. The standard InChI is InChI=1S/C25H22F2N6O/c1-34-21-7-4-15(11-20(21)27)23-22(14-2-3-16(13-28)19(26)10-14)32-25-24(30-8-9-33(23)25)31-18-6-5-17(29)12-18/h2-4,7-11,17-18H,5-6,12,29H2,1H3,(H,30,31). The normalized spacial score (nSPS) is 17.6. The van der Waals surface area contributed by atoms with E-state index < -0.39 is 11.6 Å². The average Bonchev–Trinajstić information content (AvgIpc) is 3.43. The van der Waals surface area contributed by atoms with E-state index in [4.69, 9.17) is 20.7 Å². The van der Waals surface area contributed by atoms with Gasteiger partial charge in [-0.25, -0.2) is 18.7 Å². The van der Waals surface area contributed by atoms with Gasteiger partial charge in [0.05, 0.1) is 24.1 Å². The van der Waals surface area contributed by atoms with E-state index in [0.717, 1.165) is 19.3 Å². The first-order valence-corrected chi connectivity index (χ1v) is 10.9. The van der Waals surface area contributed by atoms with E-state index in [-0.39, 0.29) is 23.4 Å². The Hall–Kier alpha value is -4.03. The molecule has 0 aliphatic heterocycles. The molecule has 1 aliphatic carbocycles. The van der Waals surface area contributed by atoms with Crippen LogP contribution in [0.3, 0.4) is 0 Å². The Labute approximate surface area is 194 Å². The number of ether oxygens (including phenoxy) is 1. The third kappa shape index (κ3) is 3.82. The van der Waals surface area contributed by atoms with Crippen molar-refractivity contribution in [3.8, 4) is 34.3 Å². The van der Waals surface area contributed by atoms with Crippen LogP contribution in [0.5, 0.6) is 5.75 Å². The number of benzene rings is 2. The predicted octanol–water partition coefficient (Wildman–Crippen LogP) is 4.51. The summed E-state index contributed by atoms with van der Waals surface area (Å²) in [5.74, 6) is -0.498. The number of rotatable bonds is 5. The van der Waals surface area contributed by atoms with Crippen LogP contribution < -0.4 is 15.8 Å². The molecule has 2 aromatic heterocycles. The average molecular weight is 460 g/mol. The number of nitrogens with zero attached hydrogens (tertiary/aromatic N) is 4. The number of nitrogens with two attached hydrogens (primary N) is 1. The Bertz CT molecular complexity index is 1430. The number of methoxy groups -OCH3 is 1. The van der Waals surface area contributed by atoms with Crippen LogP contribution in [-0.2, 0) is 0 Å². The van der Waals surface area contributed by atoms with Crippen LogP contribution in [0.25, 0.3) is 28.2 Å². The zero-order valence-electron chi connectivity index (χ0n) is 18.4. The van der Waals surface area contributed by atoms with Crippen molar-refractivity contribution >= 4 is 11.5 Å². The molecule has 1 saturated carbocycles. The summed E-state index contributed by atoms with van der Waals surface area (Å²) in [6, 6.07) is 11.1. The molecule has 2 aromatic carbocycles. The summed E-state index contributed by atoms with van der Waals surface area (Å²) in [7, 11) is 1.40. The Balaban J connectivity index is 1.71. The van der Waals surface area contributed by atoms with Crippen LogP contribution in [0.2, 0.25) is 0 Å². The lowest BCUT2D eigenvalue weighted by Gasteiger charge is -2.13. The number of nitrogens with one attached hydrogen (secondary N) is 1. The highest BCUT2D eigenvalue weighted by Crippen LogP contribution is 2.36. The van der Waals surface area contributed by atoms with Crippen LogP contribution in [0.1, 0.15) is 24.8 Å². The van der Waals surface area contributed by atoms with Gasteiger partial charge in [0, 0.05) is 35.6 Å². The van der Waals surface area contributed by atoms with Gasteiger partial charge in [0.25, 0.3) is 0 Å². The van der Waals surface area contributed by atoms with Crippen molar-refractivity contribution in [2.75, 3.05) is 12.4 Å². The van der Waals surface area contributed by atoms with E-state index in [2.05, 4.69) is 10.3 Å². The molecular formula is C25H22F2N6O. The summed E-state index contributed by atoms with van der Waals surface area (Å²) in [6.07, 6.45) is 6.05. The van der Waals surface area contributed by atoms with Crippen molar-refractivity contribution in [1.29, 1.82) is 5.26 Å². The summed E-state index contributed by atoms with van der Waals surface area (Å²) in [6.45, 7) is 0. The van der Waals surface area contributed by atoms with Crippen LogP contribution >= 0.6 is 0 Å². The van der Waals surface area contributed by atoms with Gasteiger partial charge in [-0.2, -0.15) is 5.26 Å². The largest absolute Gasteiger partial charge is 0.494 e. The van der Waals surface area contributed by atoms with Crippen molar-refractivity contribution in [1.82, 2.24) is 14.4 Å². The second-order valence-corrected chi connectivity index (χ2v) is 8.35. The number of nitriles is 1. The van der Waals surface area contributed by atoms with Gasteiger partial charge in [-0.05, 0) is 49.6 Å². The molecule has 5 rings (SSSR count). The predicted molar refractivity (Wildman–Crippen MR) is 124 cm³/mol. The highest BCUT2D eigenvalue weighted by molar-refractivity contribution is 5.85. The minimum Gasteiger partial charge on any atom is -0.494 e. The Morgan fingerprint density at radius 1 is 1.15 bits per heavy atom. The molecule has 0 radical (unpaired) electrons. The fourth-order valence-corrected chi connectivity index (χ4v) is 4.46. The Morgan fingerprint density at radius 3 is 2.62 bits per heavy atom. The lowest BCUT2D eigenvalue weighted by molar-refractivity contribution is 0.386. The maximum atomic E-state index is 14.6. The first-order valence-electron chi connectivity index (χ1n) is 10.9. The van der Waals surface area contributed by atoms with E-state index in [0.29, 0.717) is 34.0 Å². The number of anilines is 1. The van der Waals surface area contributed by atoms with E-state index in [9.17, 15) is 8.78 Å². The van der Waals surface area contributed by atoms with Gasteiger partial charge < -0.3 is 15.8 Å². The van der Waals surface area contributed by atoms with Crippen LogP contribution in [0, 0.1) is 23.0 Å². The molecule has 3 N–H and O–H groups in total. The van der Waals surface area contributed by atoms with Crippen LogP contribution in [0.15, 0.2) is 48.8 Å². The van der Waals surface area contributed by atoms with E-state index in [1.54, 1.807) is 28.9 Å². The van der Waals surface area contributed by atoms with Gasteiger partial charge in [0.1, 0.15) is 11.9 Å². The van der Waals surface area contributed by atoms with Crippen molar-refractivity contribution < 1.29 is 13.5 Å². The summed E-state index contributed by atoms with van der Waals surface area (Å²) >= 11 is 0. The molecule has 34 heavy (non-hydrogen) atoms. The summed E-state index contributed by atoms with van der Waals surface area (Å²) < 4.78 is 36.0. The molecule has 0 saturated heterocycles. The van der Waals surface area contributed by atoms with Gasteiger partial charge in [-0.3, -0.25) is 4.40 Å². The summed E-state index contributed by atoms with van der Waals surface area (Å²) in [5.41, 5.74) is 8.51. The molecule has 172 valence electrons. The molecule has 0 bridgehead atoms. The van der Waals surface area contributed by atoms with Gasteiger partial charge in [-0.15, -0.1) is 0 Å². The monoisotopic (exact) mass is 460 g/mol. The zero-order valence-corrected chi connectivity index (χ0v) is 18.4. The van der Waals surface area contributed by atoms with Gasteiger partial charge in [0.2, 0.25) is 0 Å². The lowest BCUT2D eigenvalue weighted by Crippen LogP contribution is -2.21. The first kappa shape index (κ1) is 21.8. The van der Waals surface area contributed by atoms with Gasteiger partial charge in [-0.1, -0.05) is 6.07 Å². The molecule has 9 heteroatoms. The van der Waals surface area contributed by atoms with Crippen LogP contribution in [0.4, 0.5) is 14.6 Å². The number of aromatic nitrogens is 3. The fraction of sp³-hybridized carbons (Fsp3) is 0.240. The van der Waals surface area contributed by atoms with Crippen molar-refractivity contribution in [3.05, 3.63) is 66.0 Å². The molecule has 7 nitrogen and oxygen atoms in total. The molecule has 2 heterocycles. The van der Waals surface area contributed by atoms with Gasteiger partial charge >= 0.3 is 0 Å². The fourth-order valence-electron chi connectivity index (χ4n) is 4.46. The molecular weight excluding hydrogens is 438 g/mol. The quantitative estimate of drug-likeness (QED) is 0.454. The Kier molecular flexibility index (Phi) is 5.59. The van der Waals surface area contributed by atoms with Crippen molar-refractivity contribution in [3.63, 3.8) is 0 Å². The zero-order chi connectivity index (χ0) is 23.8. The third-order valence-electron chi connectivity index (χ3n) is 6.14. The van der Waals surface area contributed by atoms with E-state index >= 15 is 0 Å². The number of fused-ring (bicyclic) bond motifs is 1. The molecule has 4 aromatic rings.